The molecule has 0 spiro atoms. The van der Waals surface area contributed by atoms with Crippen LogP contribution in [0.25, 0.3) is 16.7 Å². The van der Waals surface area contributed by atoms with E-state index in [0.29, 0.717) is 24.3 Å². The van der Waals surface area contributed by atoms with E-state index in [9.17, 15) is 4.79 Å². The second kappa shape index (κ2) is 9.77. The number of aromatic nitrogens is 2. The zero-order valence-corrected chi connectivity index (χ0v) is 19.5. The third-order valence-corrected chi connectivity index (χ3v) is 6.16. The van der Waals surface area contributed by atoms with Crippen molar-refractivity contribution in [1.29, 1.82) is 0 Å². The Labute approximate surface area is 194 Å². The Morgan fingerprint density at radius 1 is 1.00 bits per heavy atom. The van der Waals surface area contributed by atoms with Crippen LogP contribution in [0, 0.1) is 0 Å². The lowest BCUT2D eigenvalue weighted by molar-refractivity contribution is -0.131. The highest BCUT2D eigenvalue weighted by Gasteiger charge is 2.18. The van der Waals surface area contributed by atoms with E-state index in [4.69, 9.17) is 9.47 Å². The molecule has 0 fully saturated rings. The van der Waals surface area contributed by atoms with Crippen molar-refractivity contribution in [3.63, 3.8) is 0 Å². The summed E-state index contributed by atoms with van der Waals surface area (Å²) >= 11 is 0. The van der Waals surface area contributed by atoms with Crippen molar-refractivity contribution >= 4 is 16.9 Å². The number of fused-ring (bicyclic) bond motifs is 1. The van der Waals surface area contributed by atoms with Crippen molar-refractivity contribution in [2.45, 2.75) is 25.8 Å². The fourth-order valence-electron chi connectivity index (χ4n) is 3.98. The molecule has 0 unspecified atom stereocenters. The molecule has 0 N–H and O–H groups in total. The highest BCUT2D eigenvalue weighted by Crippen LogP contribution is 2.28. The summed E-state index contributed by atoms with van der Waals surface area (Å²) < 4.78 is 12.7. The van der Waals surface area contributed by atoms with Crippen LogP contribution in [0.3, 0.4) is 0 Å². The van der Waals surface area contributed by atoms with Gasteiger partial charge < -0.3 is 14.4 Å². The van der Waals surface area contributed by atoms with Crippen molar-refractivity contribution in [3.05, 3.63) is 84.2 Å². The van der Waals surface area contributed by atoms with Gasteiger partial charge in [0.25, 0.3) is 0 Å². The number of ether oxygens (including phenoxy) is 2. The number of carbonyl (C=O) groups is 1. The van der Waals surface area contributed by atoms with Crippen LogP contribution in [-0.4, -0.2) is 41.6 Å². The lowest BCUT2D eigenvalue weighted by atomic mass is 10.0. The lowest BCUT2D eigenvalue weighted by Crippen LogP contribution is -2.29. The molecule has 0 saturated heterocycles. The molecule has 3 aromatic carbocycles. The first-order valence-corrected chi connectivity index (χ1v) is 11.0. The molecule has 0 bridgehead atoms. The van der Waals surface area contributed by atoms with Gasteiger partial charge in [-0.1, -0.05) is 30.3 Å². The van der Waals surface area contributed by atoms with Crippen LogP contribution in [-0.2, 0) is 11.2 Å². The summed E-state index contributed by atoms with van der Waals surface area (Å²) in [7, 11) is 5.09. The maximum atomic E-state index is 12.9. The number of benzene rings is 3. The molecule has 0 radical (unpaired) electrons. The topological polar surface area (TPSA) is 56.6 Å². The minimum atomic E-state index is -0.0310. The van der Waals surface area contributed by atoms with E-state index in [2.05, 4.69) is 46.8 Å². The number of methoxy groups -OCH3 is 2. The van der Waals surface area contributed by atoms with Crippen LogP contribution >= 0.6 is 0 Å². The monoisotopic (exact) mass is 443 g/mol. The van der Waals surface area contributed by atoms with Crippen molar-refractivity contribution in [2.75, 3.05) is 21.3 Å². The Morgan fingerprint density at radius 2 is 1.73 bits per heavy atom. The van der Waals surface area contributed by atoms with Crippen LogP contribution in [0.1, 0.15) is 30.5 Å². The maximum Gasteiger partial charge on any atom is 0.223 e. The molecule has 1 heterocycles. The van der Waals surface area contributed by atoms with E-state index >= 15 is 0 Å². The van der Waals surface area contributed by atoms with Gasteiger partial charge in [0.05, 0.1) is 31.3 Å². The summed E-state index contributed by atoms with van der Waals surface area (Å²) in [6.45, 7) is 2.05. The zero-order chi connectivity index (χ0) is 23.4. The number of hydrogen-bond donors (Lipinski definition) is 0. The van der Waals surface area contributed by atoms with Crippen LogP contribution < -0.4 is 9.47 Å². The van der Waals surface area contributed by atoms with E-state index in [0.717, 1.165) is 27.8 Å². The molecule has 6 nitrogen and oxygen atoms in total. The number of hydrogen-bond acceptors (Lipinski definition) is 4. The fraction of sp³-hybridized carbons (Fsp3) is 0.259. The Morgan fingerprint density at radius 3 is 2.45 bits per heavy atom. The maximum absolute atomic E-state index is 12.9. The van der Waals surface area contributed by atoms with E-state index in [-0.39, 0.29) is 11.9 Å². The SMILES string of the molecule is COc1ccc(CCC(=O)N(C)[C@@H](C)c2ccc(-n3cnc4ccccc43)cc2)cc1OC. The predicted molar refractivity (Wildman–Crippen MR) is 130 cm³/mol. The summed E-state index contributed by atoms with van der Waals surface area (Å²) in [6.07, 6.45) is 2.91. The van der Waals surface area contributed by atoms with Gasteiger partial charge >= 0.3 is 0 Å². The summed E-state index contributed by atoms with van der Waals surface area (Å²) in [5, 5.41) is 0. The van der Waals surface area contributed by atoms with Crippen molar-refractivity contribution in [3.8, 4) is 17.2 Å². The lowest BCUT2D eigenvalue weighted by Gasteiger charge is -2.26. The quantitative estimate of drug-likeness (QED) is 0.376. The number of nitrogens with zero attached hydrogens (tertiary/aromatic N) is 3. The van der Waals surface area contributed by atoms with E-state index in [1.165, 1.54) is 0 Å². The first-order chi connectivity index (χ1) is 16.0. The standard InChI is InChI=1S/C27H29N3O3/c1-19(29(2)27(31)16-10-20-9-15-25(32-3)26(17-20)33-4)21-11-13-22(14-12-21)30-18-28-23-7-5-6-8-24(23)30/h5-9,11-15,17-19H,10,16H2,1-4H3/t19-/m0/s1. The predicted octanol–water partition coefficient (Wildman–Crippen LogP) is 5.19. The first-order valence-electron chi connectivity index (χ1n) is 11.0. The van der Waals surface area contributed by atoms with Gasteiger partial charge in [0, 0.05) is 19.2 Å². The van der Waals surface area contributed by atoms with Crippen LogP contribution in [0.15, 0.2) is 73.1 Å². The van der Waals surface area contributed by atoms with Gasteiger partial charge in [0.1, 0.15) is 6.33 Å². The van der Waals surface area contributed by atoms with Gasteiger partial charge in [-0.15, -0.1) is 0 Å². The fourth-order valence-corrected chi connectivity index (χ4v) is 3.98. The number of amides is 1. The highest BCUT2D eigenvalue weighted by molar-refractivity contribution is 5.77. The van der Waals surface area contributed by atoms with Crippen LogP contribution in [0.2, 0.25) is 0 Å². The van der Waals surface area contributed by atoms with Crippen molar-refractivity contribution in [2.24, 2.45) is 0 Å². The average Bonchev–Trinajstić information content (AvgIpc) is 3.30. The molecule has 1 atom stereocenters. The van der Waals surface area contributed by atoms with Gasteiger partial charge in [0.2, 0.25) is 5.91 Å². The van der Waals surface area contributed by atoms with Crippen LogP contribution in [0.5, 0.6) is 11.5 Å². The molecular weight excluding hydrogens is 414 g/mol. The van der Waals surface area contributed by atoms with Gasteiger partial charge in [-0.25, -0.2) is 4.98 Å². The molecule has 0 aliphatic heterocycles. The van der Waals surface area contributed by atoms with Crippen molar-refractivity contribution < 1.29 is 14.3 Å². The largest absolute Gasteiger partial charge is 0.493 e. The summed E-state index contributed by atoms with van der Waals surface area (Å²) in [4.78, 5) is 19.1. The molecule has 1 amide bonds. The molecule has 33 heavy (non-hydrogen) atoms. The average molecular weight is 444 g/mol. The Hall–Kier alpha value is -3.80. The minimum Gasteiger partial charge on any atom is -0.493 e. The van der Waals surface area contributed by atoms with Gasteiger partial charge in [-0.3, -0.25) is 9.36 Å². The molecule has 170 valence electrons. The zero-order valence-electron chi connectivity index (χ0n) is 19.5. The molecule has 0 saturated carbocycles. The van der Waals surface area contributed by atoms with Gasteiger partial charge in [-0.05, 0) is 60.9 Å². The summed E-state index contributed by atoms with van der Waals surface area (Å²) in [5.74, 6) is 1.46. The molecule has 4 aromatic rings. The Balaban J connectivity index is 1.41. The highest BCUT2D eigenvalue weighted by atomic mass is 16.5. The smallest absolute Gasteiger partial charge is 0.223 e. The molecule has 1 aromatic heterocycles. The number of carbonyl (C=O) groups excluding carboxylic acids is 1. The van der Waals surface area contributed by atoms with E-state index < -0.39 is 0 Å². The van der Waals surface area contributed by atoms with Crippen LogP contribution in [0.4, 0.5) is 0 Å². The second-order valence-electron chi connectivity index (χ2n) is 8.06. The van der Waals surface area contributed by atoms with Gasteiger partial charge in [0.15, 0.2) is 11.5 Å². The summed E-state index contributed by atoms with van der Waals surface area (Å²) in [6, 6.07) is 22.1. The van der Waals surface area contributed by atoms with E-state index in [1.54, 1.807) is 14.2 Å². The Bertz CT molecular complexity index is 1250. The number of para-hydroxylation sites is 2. The van der Waals surface area contributed by atoms with E-state index in [1.807, 2.05) is 54.7 Å². The first kappa shape index (κ1) is 22.4. The van der Waals surface area contributed by atoms with Gasteiger partial charge in [-0.2, -0.15) is 0 Å². The molecule has 6 heteroatoms. The number of rotatable bonds is 8. The third-order valence-electron chi connectivity index (χ3n) is 6.16. The molecular formula is C27H29N3O3. The summed E-state index contributed by atoms with van der Waals surface area (Å²) in [5.41, 5.74) is 5.21. The number of imidazole rings is 1. The minimum absolute atomic E-state index is 0.0310. The Kier molecular flexibility index (Phi) is 6.63. The molecule has 0 aliphatic carbocycles. The molecule has 4 rings (SSSR count). The molecule has 0 aliphatic rings. The second-order valence-corrected chi connectivity index (χ2v) is 8.06. The normalized spacial score (nSPS) is 11.9. The third kappa shape index (κ3) is 4.70. The number of aryl methyl sites for hydroxylation is 1. The van der Waals surface area contributed by atoms with Crippen molar-refractivity contribution in [1.82, 2.24) is 14.5 Å².